The first kappa shape index (κ1) is 21.3. The molecule has 0 radical (unpaired) electrons. The highest BCUT2D eigenvalue weighted by Gasteiger charge is 2.42. The van der Waals surface area contributed by atoms with Gasteiger partial charge in [0.05, 0.1) is 5.92 Å². The van der Waals surface area contributed by atoms with Crippen molar-refractivity contribution < 1.29 is 19.1 Å². The largest absolute Gasteiger partial charge is 0.455 e. The lowest BCUT2D eigenvalue weighted by Crippen LogP contribution is -2.45. The summed E-state index contributed by atoms with van der Waals surface area (Å²) in [6, 6.07) is 5.97. The summed E-state index contributed by atoms with van der Waals surface area (Å²) in [6.45, 7) is 8.33. The standard InChI is InChI=1S/C23H32N2O4/c1-14-7-6-10-19(17(14)4)25-12-18(11-21(25)27)23(28)29-13-20(26)24-22-15(2)8-5-9-16(22)3/h5,8-9,14,17-19H,6-7,10-13H2,1-4H3,(H,24,26)/t14-,17-,18-,19-/m0/s1. The summed E-state index contributed by atoms with van der Waals surface area (Å²) in [4.78, 5) is 39.1. The third-order valence-electron chi connectivity index (χ3n) is 6.65. The molecule has 29 heavy (non-hydrogen) atoms. The van der Waals surface area contributed by atoms with Gasteiger partial charge in [-0.2, -0.15) is 0 Å². The Balaban J connectivity index is 1.52. The molecule has 1 aromatic rings. The molecule has 1 aliphatic heterocycles. The second-order valence-electron chi connectivity index (χ2n) is 8.70. The predicted molar refractivity (Wildman–Crippen MR) is 111 cm³/mol. The Hall–Kier alpha value is -2.37. The molecule has 1 saturated carbocycles. The minimum absolute atomic E-state index is 0.0258. The van der Waals surface area contributed by atoms with E-state index in [0.717, 1.165) is 29.7 Å². The van der Waals surface area contributed by atoms with Crippen LogP contribution in [0.15, 0.2) is 18.2 Å². The molecule has 2 amide bonds. The number of hydrogen-bond donors (Lipinski definition) is 1. The Bertz CT molecular complexity index is 771. The van der Waals surface area contributed by atoms with Crippen LogP contribution in [0.1, 0.15) is 50.7 Å². The van der Waals surface area contributed by atoms with Crippen LogP contribution in [0.2, 0.25) is 0 Å². The zero-order valence-electron chi connectivity index (χ0n) is 17.9. The van der Waals surface area contributed by atoms with E-state index >= 15 is 0 Å². The number of para-hydroxylation sites is 1. The highest BCUT2D eigenvalue weighted by Crippen LogP contribution is 2.35. The van der Waals surface area contributed by atoms with Gasteiger partial charge in [-0.15, -0.1) is 0 Å². The Labute approximate surface area is 173 Å². The Morgan fingerprint density at radius 3 is 2.55 bits per heavy atom. The van der Waals surface area contributed by atoms with Crippen molar-refractivity contribution in [2.24, 2.45) is 17.8 Å². The van der Waals surface area contributed by atoms with Gasteiger partial charge in [-0.3, -0.25) is 14.4 Å². The van der Waals surface area contributed by atoms with Gasteiger partial charge >= 0.3 is 5.97 Å². The van der Waals surface area contributed by atoms with Crippen molar-refractivity contribution in [3.63, 3.8) is 0 Å². The van der Waals surface area contributed by atoms with Crippen LogP contribution in [0.5, 0.6) is 0 Å². The minimum atomic E-state index is -0.486. The molecule has 4 atom stereocenters. The number of ether oxygens (including phenoxy) is 1. The van der Waals surface area contributed by atoms with E-state index in [1.165, 1.54) is 6.42 Å². The van der Waals surface area contributed by atoms with E-state index in [9.17, 15) is 14.4 Å². The maximum Gasteiger partial charge on any atom is 0.311 e. The third kappa shape index (κ3) is 4.80. The van der Waals surface area contributed by atoms with Gasteiger partial charge in [0.15, 0.2) is 6.61 Å². The summed E-state index contributed by atoms with van der Waals surface area (Å²) >= 11 is 0. The average molecular weight is 401 g/mol. The van der Waals surface area contributed by atoms with Crippen molar-refractivity contribution in [3.8, 4) is 0 Å². The molecule has 3 rings (SSSR count). The quantitative estimate of drug-likeness (QED) is 0.768. The summed E-state index contributed by atoms with van der Waals surface area (Å²) < 4.78 is 5.24. The van der Waals surface area contributed by atoms with Crippen molar-refractivity contribution in [1.82, 2.24) is 4.90 Å². The zero-order valence-corrected chi connectivity index (χ0v) is 17.9. The van der Waals surface area contributed by atoms with E-state index in [1.54, 1.807) is 0 Å². The van der Waals surface area contributed by atoms with E-state index in [2.05, 4.69) is 19.2 Å². The van der Waals surface area contributed by atoms with Gasteiger partial charge < -0.3 is 15.0 Å². The molecule has 158 valence electrons. The van der Waals surface area contributed by atoms with Crippen LogP contribution >= 0.6 is 0 Å². The fourth-order valence-electron chi connectivity index (χ4n) is 4.65. The van der Waals surface area contributed by atoms with Crippen LogP contribution < -0.4 is 5.32 Å². The number of benzene rings is 1. The average Bonchev–Trinajstić information content (AvgIpc) is 3.06. The summed E-state index contributed by atoms with van der Waals surface area (Å²) in [7, 11) is 0. The van der Waals surface area contributed by atoms with E-state index in [-0.39, 0.29) is 30.9 Å². The van der Waals surface area contributed by atoms with E-state index in [0.29, 0.717) is 18.4 Å². The topological polar surface area (TPSA) is 75.7 Å². The minimum Gasteiger partial charge on any atom is -0.455 e. The molecule has 0 spiro atoms. The molecule has 1 N–H and O–H groups in total. The Morgan fingerprint density at radius 2 is 1.86 bits per heavy atom. The smallest absolute Gasteiger partial charge is 0.311 e. The molecule has 2 fully saturated rings. The molecule has 1 aromatic carbocycles. The first-order valence-electron chi connectivity index (χ1n) is 10.6. The summed E-state index contributed by atoms with van der Waals surface area (Å²) in [5.41, 5.74) is 2.66. The first-order valence-corrected chi connectivity index (χ1v) is 10.6. The molecular formula is C23H32N2O4. The summed E-state index contributed by atoms with van der Waals surface area (Å²) in [5.74, 6) is -0.273. The second-order valence-corrected chi connectivity index (χ2v) is 8.70. The van der Waals surface area contributed by atoms with Gasteiger partial charge in [0.1, 0.15) is 0 Å². The Morgan fingerprint density at radius 1 is 1.17 bits per heavy atom. The fourth-order valence-corrected chi connectivity index (χ4v) is 4.65. The maximum atomic E-state index is 12.5. The summed E-state index contributed by atoms with van der Waals surface area (Å²) in [5, 5.41) is 2.81. The number of amides is 2. The lowest BCUT2D eigenvalue weighted by atomic mass is 9.77. The van der Waals surface area contributed by atoms with Crippen molar-refractivity contribution >= 4 is 23.5 Å². The predicted octanol–water partition coefficient (Wildman–Crippen LogP) is 3.46. The van der Waals surface area contributed by atoms with Crippen molar-refractivity contribution in [2.45, 2.75) is 59.4 Å². The monoisotopic (exact) mass is 400 g/mol. The SMILES string of the molecule is Cc1cccc(C)c1NC(=O)COC(=O)[C@H]1CC(=O)N([C@H]2CCC[C@H](C)[C@@H]2C)C1. The first-order chi connectivity index (χ1) is 13.8. The molecule has 1 aliphatic carbocycles. The number of nitrogens with zero attached hydrogens (tertiary/aromatic N) is 1. The van der Waals surface area contributed by atoms with Gasteiger partial charge in [0, 0.05) is 24.7 Å². The van der Waals surface area contributed by atoms with E-state index in [4.69, 9.17) is 4.74 Å². The van der Waals surface area contributed by atoms with E-state index < -0.39 is 11.9 Å². The number of carbonyl (C=O) groups excluding carboxylic acids is 3. The van der Waals surface area contributed by atoms with Crippen LogP contribution in [0.4, 0.5) is 5.69 Å². The molecule has 1 saturated heterocycles. The molecule has 0 unspecified atom stereocenters. The normalized spacial score (nSPS) is 27.0. The van der Waals surface area contributed by atoms with Gasteiger partial charge in [0.2, 0.25) is 5.91 Å². The number of likely N-dealkylation sites (tertiary alicyclic amines) is 1. The molecule has 0 aromatic heterocycles. The number of carbonyl (C=O) groups is 3. The van der Waals surface area contributed by atoms with Crippen LogP contribution in [0.25, 0.3) is 0 Å². The second kappa shape index (κ2) is 8.97. The summed E-state index contributed by atoms with van der Waals surface area (Å²) in [6.07, 6.45) is 3.49. The molecule has 6 heteroatoms. The van der Waals surface area contributed by atoms with Gasteiger partial charge in [-0.25, -0.2) is 0 Å². The van der Waals surface area contributed by atoms with Gasteiger partial charge in [0.25, 0.3) is 5.91 Å². The molecule has 0 bridgehead atoms. The lowest BCUT2D eigenvalue weighted by Gasteiger charge is -2.39. The van der Waals surface area contributed by atoms with Crippen LogP contribution in [-0.2, 0) is 19.1 Å². The Kier molecular flexibility index (Phi) is 6.60. The zero-order chi connectivity index (χ0) is 21.1. The molecule has 6 nitrogen and oxygen atoms in total. The van der Waals surface area contributed by atoms with Gasteiger partial charge in [-0.1, -0.05) is 44.9 Å². The van der Waals surface area contributed by atoms with Crippen LogP contribution in [0.3, 0.4) is 0 Å². The van der Waals surface area contributed by atoms with E-state index in [1.807, 2.05) is 36.9 Å². The maximum absolute atomic E-state index is 12.5. The number of nitrogens with one attached hydrogen (secondary N) is 1. The number of esters is 1. The van der Waals surface area contributed by atoms with Crippen LogP contribution in [0, 0.1) is 31.6 Å². The molecular weight excluding hydrogens is 368 g/mol. The van der Waals surface area contributed by atoms with Crippen LogP contribution in [-0.4, -0.2) is 41.9 Å². The number of rotatable bonds is 5. The highest BCUT2D eigenvalue weighted by atomic mass is 16.5. The number of aryl methyl sites for hydroxylation is 2. The lowest BCUT2D eigenvalue weighted by molar-refractivity contribution is -0.151. The van der Waals surface area contributed by atoms with Crippen molar-refractivity contribution in [3.05, 3.63) is 29.3 Å². The van der Waals surface area contributed by atoms with Crippen molar-refractivity contribution in [2.75, 3.05) is 18.5 Å². The highest BCUT2D eigenvalue weighted by molar-refractivity contribution is 5.95. The third-order valence-corrected chi connectivity index (χ3v) is 6.65. The van der Waals surface area contributed by atoms with Crippen molar-refractivity contribution in [1.29, 1.82) is 0 Å². The molecule has 2 aliphatic rings. The molecule has 1 heterocycles. The fraction of sp³-hybridized carbons (Fsp3) is 0.609. The number of hydrogen-bond acceptors (Lipinski definition) is 4. The number of anilines is 1. The van der Waals surface area contributed by atoms with Gasteiger partial charge in [-0.05, 0) is 43.2 Å².